The van der Waals surface area contributed by atoms with Gasteiger partial charge in [0.05, 0.1) is 7.11 Å². The smallest absolute Gasteiger partial charge is 0.202 e. The molecule has 0 bridgehead atoms. The van der Waals surface area contributed by atoms with E-state index in [0.29, 0.717) is 0 Å². The molecular weight excluding hydrogens is 234 g/mol. The van der Waals surface area contributed by atoms with Crippen molar-refractivity contribution in [3.05, 3.63) is 35.7 Å². The lowest BCUT2D eigenvalue weighted by Crippen LogP contribution is -2.02. The van der Waals surface area contributed by atoms with Crippen LogP contribution >= 0.6 is 11.5 Å². The largest absolute Gasteiger partial charge is 0.497 e. The Balaban J connectivity index is 2.09. The molecule has 1 aromatic carbocycles. The molecule has 0 aliphatic heterocycles. The monoisotopic (exact) mass is 249 g/mol. The molecule has 0 saturated heterocycles. The molecule has 4 nitrogen and oxygen atoms in total. The standard InChI is InChI=1S/C12H15N3OS/c1-3-9-6-11(16-2)5-4-10(9)7-13-12-14-8-15-17-12/h4-6,8H,3,7H2,1-2H3,(H,13,14,15). The lowest BCUT2D eigenvalue weighted by atomic mass is 10.0. The van der Waals surface area contributed by atoms with E-state index in [4.69, 9.17) is 4.74 Å². The number of methoxy groups -OCH3 is 1. The number of ether oxygens (including phenoxy) is 1. The van der Waals surface area contributed by atoms with Gasteiger partial charge in [-0.05, 0) is 29.7 Å². The molecule has 2 rings (SSSR count). The molecule has 0 amide bonds. The van der Waals surface area contributed by atoms with E-state index in [-0.39, 0.29) is 0 Å². The minimum Gasteiger partial charge on any atom is -0.497 e. The molecule has 1 heterocycles. The molecule has 0 saturated carbocycles. The van der Waals surface area contributed by atoms with Gasteiger partial charge in [-0.25, -0.2) is 4.98 Å². The molecule has 0 fully saturated rings. The maximum Gasteiger partial charge on any atom is 0.202 e. The topological polar surface area (TPSA) is 47.0 Å². The number of benzene rings is 1. The van der Waals surface area contributed by atoms with E-state index in [9.17, 15) is 0 Å². The molecule has 1 N–H and O–H groups in total. The summed E-state index contributed by atoms with van der Waals surface area (Å²) in [7, 11) is 1.69. The summed E-state index contributed by atoms with van der Waals surface area (Å²) < 4.78 is 9.17. The zero-order chi connectivity index (χ0) is 12.1. The van der Waals surface area contributed by atoms with Crippen LogP contribution in [0.5, 0.6) is 5.75 Å². The van der Waals surface area contributed by atoms with Crippen molar-refractivity contribution in [2.45, 2.75) is 19.9 Å². The third-order valence-electron chi connectivity index (χ3n) is 2.59. The highest BCUT2D eigenvalue weighted by Gasteiger charge is 2.03. The van der Waals surface area contributed by atoms with Crippen LogP contribution in [0.15, 0.2) is 24.5 Å². The summed E-state index contributed by atoms with van der Waals surface area (Å²) in [5.41, 5.74) is 2.56. The first kappa shape index (κ1) is 11.9. The van der Waals surface area contributed by atoms with Crippen molar-refractivity contribution in [1.82, 2.24) is 9.36 Å². The van der Waals surface area contributed by atoms with Crippen LogP contribution in [0.4, 0.5) is 5.13 Å². The van der Waals surface area contributed by atoms with Crippen LogP contribution in [0.1, 0.15) is 18.1 Å². The lowest BCUT2D eigenvalue weighted by Gasteiger charge is -2.10. The third kappa shape index (κ3) is 2.94. The Labute approximate surface area is 105 Å². The summed E-state index contributed by atoms with van der Waals surface area (Å²) in [6.45, 7) is 2.91. The van der Waals surface area contributed by atoms with Crippen molar-refractivity contribution >= 4 is 16.7 Å². The predicted molar refractivity (Wildman–Crippen MR) is 69.6 cm³/mol. The number of rotatable bonds is 5. The lowest BCUT2D eigenvalue weighted by molar-refractivity contribution is 0.414. The normalized spacial score (nSPS) is 10.2. The van der Waals surface area contributed by atoms with Crippen molar-refractivity contribution < 1.29 is 4.74 Å². The highest BCUT2D eigenvalue weighted by Crippen LogP contribution is 2.19. The molecule has 5 heteroatoms. The first-order valence-electron chi connectivity index (χ1n) is 5.49. The Morgan fingerprint density at radius 2 is 2.24 bits per heavy atom. The zero-order valence-corrected chi connectivity index (χ0v) is 10.8. The number of aromatic nitrogens is 2. The van der Waals surface area contributed by atoms with E-state index in [2.05, 4.69) is 33.7 Å². The van der Waals surface area contributed by atoms with Gasteiger partial charge >= 0.3 is 0 Å². The van der Waals surface area contributed by atoms with Crippen LogP contribution in [0.3, 0.4) is 0 Å². The number of nitrogens with zero attached hydrogens (tertiary/aromatic N) is 2. The van der Waals surface area contributed by atoms with Gasteiger partial charge < -0.3 is 10.1 Å². The summed E-state index contributed by atoms with van der Waals surface area (Å²) in [6.07, 6.45) is 2.55. The van der Waals surface area contributed by atoms with Gasteiger partial charge in [0, 0.05) is 18.1 Å². The van der Waals surface area contributed by atoms with Gasteiger partial charge in [0.25, 0.3) is 0 Å². The summed E-state index contributed by atoms with van der Waals surface area (Å²) in [6, 6.07) is 6.15. The molecule has 0 atom stereocenters. The summed E-state index contributed by atoms with van der Waals surface area (Å²) >= 11 is 1.37. The van der Waals surface area contributed by atoms with E-state index >= 15 is 0 Å². The Morgan fingerprint density at radius 1 is 1.35 bits per heavy atom. The predicted octanol–water partition coefficient (Wildman–Crippen LogP) is 2.72. The number of hydrogen-bond donors (Lipinski definition) is 1. The van der Waals surface area contributed by atoms with Gasteiger partial charge in [-0.3, -0.25) is 0 Å². The Hall–Kier alpha value is -1.62. The second kappa shape index (κ2) is 5.63. The van der Waals surface area contributed by atoms with Crippen LogP contribution < -0.4 is 10.1 Å². The van der Waals surface area contributed by atoms with Crippen molar-refractivity contribution in [2.24, 2.45) is 0 Å². The molecule has 0 spiro atoms. The number of anilines is 1. The first-order valence-corrected chi connectivity index (χ1v) is 6.27. The minimum absolute atomic E-state index is 0.766. The molecular formula is C12H15N3OS. The molecule has 0 unspecified atom stereocenters. The van der Waals surface area contributed by atoms with Crippen molar-refractivity contribution in [3.8, 4) is 5.75 Å². The fraction of sp³-hybridized carbons (Fsp3) is 0.333. The molecule has 2 aromatic rings. The number of nitrogens with one attached hydrogen (secondary N) is 1. The van der Waals surface area contributed by atoms with Crippen molar-refractivity contribution in [3.63, 3.8) is 0 Å². The van der Waals surface area contributed by atoms with Crippen LogP contribution in [0.25, 0.3) is 0 Å². The van der Waals surface area contributed by atoms with Gasteiger partial charge in [0.2, 0.25) is 5.13 Å². The van der Waals surface area contributed by atoms with Gasteiger partial charge in [-0.2, -0.15) is 4.37 Å². The fourth-order valence-electron chi connectivity index (χ4n) is 1.65. The van der Waals surface area contributed by atoms with E-state index in [1.807, 2.05) is 6.07 Å². The molecule has 90 valence electrons. The van der Waals surface area contributed by atoms with E-state index < -0.39 is 0 Å². The van der Waals surface area contributed by atoms with Gasteiger partial charge in [-0.15, -0.1) is 0 Å². The average molecular weight is 249 g/mol. The van der Waals surface area contributed by atoms with Gasteiger partial charge in [-0.1, -0.05) is 13.0 Å². The minimum atomic E-state index is 0.766. The summed E-state index contributed by atoms with van der Waals surface area (Å²) in [5.74, 6) is 0.904. The van der Waals surface area contributed by atoms with Crippen LogP contribution in [-0.4, -0.2) is 16.5 Å². The average Bonchev–Trinajstić information content (AvgIpc) is 2.89. The van der Waals surface area contributed by atoms with Crippen LogP contribution in [0.2, 0.25) is 0 Å². The van der Waals surface area contributed by atoms with Crippen molar-refractivity contribution in [2.75, 3.05) is 12.4 Å². The molecule has 17 heavy (non-hydrogen) atoms. The Bertz CT molecular complexity index is 471. The second-order valence-electron chi connectivity index (χ2n) is 3.59. The first-order chi connectivity index (χ1) is 8.33. The maximum absolute atomic E-state index is 5.22. The number of hydrogen-bond acceptors (Lipinski definition) is 5. The van der Waals surface area contributed by atoms with Gasteiger partial charge in [0.15, 0.2) is 0 Å². The fourth-order valence-corrected chi connectivity index (χ4v) is 2.08. The number of aryl methyl sites for hydroxylation is 1. The molecule has 1 aromatic heterocycles. The summed E-state index contributed by atoms with van der Waals surface area (Å²) in [5, 5.41) is 4.11. The third-order valence-corrected chi connectivity index (χ3v) is 3.21. The molecule has 0 radical (unpaired) electrons. The Morgan fingerprint density at radius 3 is 2.88 bits per heavy atom. The Kier molecular flexibility index (Phi) is 3.93. The molecule has 0 aliphatic carbocycles. The van der Waals surface area contributed by atoms with E-state index in [1.54, 1.807) is 13.4 Å². The van der Waals surface area contributed by atoms with E-state index in [0.717, 1.165) is 23.8 Å². The van der Waals surface area contributed by atoms with Gasteiger partial charge in [0.1, 0.15) is 12.1 Å². The quantitative estimate of drug-likeness (QED) is 0.885. The maximum atomic E-state index is 5.22. The molecule has 0 aliphatic rings. The van der Waals surface area contributed by atoms with Crippen molar-refractivity contribution in [1.29, 1.82) is 0 Å². The second-order valence-corrected chi connectivity index (χ2v) is 4.37. The highest BCUT2D eigenvalue weighted by molar-refractivity contribution is 7.09. The van der Waals surface area contributed by atoms with E-state index in [1.165, 1.54) is 22.7 Å². The SMILES string of the molecule is CCc1cc(OC)ccc1CNc1ncns1. The van der Waals surface area contributed by atoms with Crippen LogP contribution in [-0.2, 0) is 13.0 Å². The summed E-state index contributed by atoms with van der Waals surface area (Å²) in [4.78, 5) is 4.09. The zero-order valence-electron chi connectivity index (χ0n) is 9.93. The van der Waals surface area contributed by atoms with Crippen LogP contribution in [0, 0.1) is 0 Å². The highest BCUT2D eigenvalue weighted by atomic mass is 32.1.